The fraction of sp³-hybridized carbons (Fsp3) is 0.737. The van der Waals surface area contributed by atoms with Crippen molar-refractivity contribution >= 4 is 11.8 Å². The van der Waals surface area contributed by atoms with Crippen LogP contribution in [0.3, 0.4) is 0 Å². The van der Waals surface area contributed by atoms with Crippen LogP contribution in [0.5, 0.6) is 0 Å². The Morgan fingerprint density at radius 1 is 1.00 bits per heavy atom. The minimum atomic E-state index is -0.124. The van der Waals surface area contributed by atoms with E-state index in [9.17, 15) is 9.59 Å². The summed E-state index contributed by atoms with van der Waals surface area (Å²) in [5.74, 6) is 0.235. The molecule has 1 aromatic heterocycles. The number of hydrogen-bond acceptors (Lipinski definition) is 4. The summed E-state index contributed by atoms with van der Waals surface area (Å²) in [5.41, 5.74) is 1.40. The second-order valence-electron chi connectivity index (χ2n) is 7.55. The molecule has 7 nitrogen and oxygen atoms in total. The zero-order valence-corrected chi connectivity index (χ0v) is 15.3. The van der Waals surface area contributed by atoms with Crippen molar-refractivity contribution in [2.45, 2.75) is 64.0 Å². The van der Waals surface area contributed by atoms with Crippen LogP contribution in [0.1, 0.15) is 71.7 Å². The molecule has 7 heteroatoms. The van der Waals surface area contributed by atoms with Crippen LogP contribution in [-0.4, -0.2) is 58.6 Å². The Morgan fingerprint density at radius 3 is 2.54 bits per heavy atom. The van der Waals surface area contributed by atoms with Crippen molar-refractivity contribution in [2.75, 3.05) is 26.3 Å². The second kappa shape index (κ2) is 7.78. The molecule has 1 saturated carbocycles. The Labute approximate surface area is 154 Å². The van der Waals surface area contributed by atoms with Crippen LogP contribution in [-0.2, 0) is 17.7 Å². The van der Waals surface area contributed by atoms with Crippen LogP contribution in [0.2, 0.25) is 0 Å². The minimum absolute atomic E-state index is 0.0596. The fourth-order valence-corrected chi connectivity index (χ4v) is 4.30. The molecule has 0 radical (unpaired) electrons. The predicted molar refractivity (Wildman–Crippen MR) is 96.2 cm³/mol. The van der Waals surface area contributed by atoms with Crippen molar-refractivity contribution in [3.8, 4) is 0 Å². The van der Waals surface area contributed by atoms with Gasteiger partial charge < -0.3 is 19.5 Å². The van der Waals surface area contributed by atoms with Gasteiger partial charge >= 0.3 is 0 Å². The van der Waals surface area contributed by atoms with E-state index in [1.807, 2.05) is 4.57 Å². The zero-order valence-electron chi connectivity index (χ0n) is 15.3. The number of fused-ring (bicyclic) bond motifs is 1. The normalized spacial score (nSPS) is 21.3. The first-order chi connectivity index (χ1) is 12.7. The van der Waals surface area contributed by atoms with Crippen molar-refractivity contribution < 1.29 is 14.3 Å². The lowest BCUT2D eigenvalue weighted by molar-refractivity contribution is 0.0298. The Morgan fingerprint density at radius 2 is 1.77 bits per heavy atom. The summed E-state index contributed by atoms with van der Waals surface area (Å²) in [5, 5.41) is 3.15. The fourth-order valence-electron chi connectivity index (χ4n) is 4.30. The molecule has 2 fully saturated rings. The number of aromatic nitrogens is 2. The average molecular weight is 360 g/mol. The second-order valence-corrected chi connectivity index (χ2v) is 7.55. The first-order valence-corrected chi connectivity index (χ1v) is 10.0. The number of hydrogen-bond donors (Lipinski definition) is 1. The first-order valence-electron chi connectivity index (χ1n) is 10.0. The van der Waals surface area contributed by atoms with Crippen LogP contribution in [0.4, 0.5) is 0 Å². The number of carbonyl (C=O) groups excluding carboxylic acids is 2. The van der Waals surface area contributed by atoms with Crippen LogP contribution in [0, 0.1) is 0 Å². The van der Waals surface area contributed by atoms with Gasteiger partial charge in [0.15, 0.2) is 5.82 Å². The van der Waals surface area contributed by atoms with Crippen LogP contribution in [0.15, 0.2) is 0 Å². The summed E-state index contributed by atoms with van der Waals surface area (Å²) in [7, 11) is 0. The molecule has 26 heavy (non-hydrogen) atoms. The predicted octanol–water partition coefficient (Wildman–Crippen LogP) is 1.75. The molecule has 1 aliphatic carbocycles. The molecule has 0 aromatic carbocycles. The van der Waals surface area contributed by atoms with Gasteiger partial charge in [-0.1, -0.05) is 19.3 Å². The van der Waals surface area contributed by atoms with Gasteiger partial charge in [-0.05, 0) is 32.1 Å². The topological polar surface area (TPSA) is 76.5 Å². The maximum Gasteiger partial charge on any atom is 0.287 e. The molecule has 1 saturated heterocycles. The van der Waals surface area contributed by atoms with Gasteiger partial charge in [-0.2, -0.15) is 0 Å². The maximum atomic E-state index is 13.0. The summed E-state index contributed by atoms with van der Waals surface area (Å²) < 4.78 is 7.32. The molecular formula is C19H28N4O3. The number of imidazole rings is 1. The zero-order chi connectivity index (χ0) is 17.9. The number of ether oxygens (including phenoxy) is 1. The van der Waals surface area contributed by atoms with Gasteiger partial charge in [-0.3, -0.25) is 9.59 Å². The van der Waals surface area contributed by atoms with E-state index in [2.05, 4.69) is 10.3 Å². The third-order valence-electron chi connectivity index (χ3n) is 5.76. The van der Waals surface area contributed by atoms with Crippen molar-refractivity contribution in [1.82, 2.24) is 19.8 Å². The Balaban J connectivity index is 1.57. The largest absolute Gasteiger partial charge is 0.378 e. The highest BCUT2D eigenvalue weighted by Crippen LogP contribution is 2.23. The smallest absolute Gasteiger partial charge is 0.287 e. The lowest BCUT2D eigenvalue weighted by atomic mass is 9.95. The Kier molecular flexibility index (Phi) is 5.24. The first kappa shape index (κ1) is 17.5. The van der Waals surface area contributed by atoms with Crippen LogP contribution >= 0.6 is 0 Å². The molecule has 1 N–H and O–H groups in total. The van der Waals surface area contributed by atoms with Crippen molar-refractivity contribution in [1.29, 1.82) is 0 Å². The average Bonchev–Trinajstić information content (AvgIpc) is 3.09. The minimum Gasteiger partial charge on any atom is -0.378 e. The third-order valence-corrected chi connectivity index (χ3v) is 5.76. The summed E-state index contributed by atoms with van der Waals surface area (Å²) in [6.07, 6.45) is 8.56. The molecule has 142 valence electrons. The number of nitrogens with one attached hydrogen (secondary N) is 1. The third kappa shape index (κ3) is 3.49. The molecule has 2 aliphatic heterocycles. The molecule has 1 aromatic rings. The van der Waals surface area contributed by atoms with E-state index in [-0.39, 0.29) is 17.9 Å². The van der Waals surface area contributed by atoms with Crippen molar-refractivity contribution in [3.05, 3.63) is 17.2 Å². The number of rotatable bonds is 3. The quantitative estimate of drug-likeness (QED) is 0.891. The summed E-state index contributed by atoms with van der Waals surface area (Å²) in [4.78, 5) is 32.2. The van der Waals surface area contributed by atoms with Gasteiger partial charge in [0, 0.05) is 25.7 Å². The molecule has 0 spiro atoms. The van der Waals surface area contributed by atoms with Crippen molar-refractivity contribution in [2.24, 2.45) is 0 Å². The molecule has 0 atom stereocenters. The molecule has 0 unspecified atom stereocenters. The van der Waals surface area contributed by atoms with E-state index in [4.69, 9.17) is 4.74 Å². The van der Waals surface area contributed by atoms with Gasteiger partial charge in [0.25, 0.3) is 11.8 Å². The summed E-state index contributed by atoms with van der Waals surface area (Å²) in [6.45, 7) is 3.09. The SMILES string of the molecule is O=C(NC1CCCCC1)c1nc(C(=O)N2CCOCC2)c2n1CCCC2. The summed E-state index contributed by atoms with van der Waals surface area (Å²) in [6, 6.07) is 0.242. The van der Waals surface area contributed by atoms with E-state index >= 15 is 0 Å². The number of amides is 2. The number of carbonyl (C=O) groups is 2. The van der Waals surface area contributed by atoms with Crippen molar-refractivity contribution in [3.63, 3.8) is 0 Å². The molecule has 2 amide bonds. The molecule has 4 rings (SSSR count). The Bertz CT molecular complexity index is 673. The highest BCUT2D eigenvalue weighted by molar-refractivity contribution is 5.97. The van der Waals surface area contributed by atoms with Crippen LogP contribution < -0.4 is 5.32 Å². The van der Waals surface area contributed by atoms with Gasteiger partial charge in [-0.15, -0.1) is 0 Å². The summed E-state index contributed by atoms with van der Waals surface area (Å²) >= 11 is 0. The lowest BCUT2D eigenvalue weighted by Gasteiger charge is -2.26. The monoisotopic (exact) mass is 360 g/mol. The van der Waals surface area contributed by atoms with Gasteiger partial charge in [0.2, 0.25) is 0 Å². The molecule has 3 aliphatic rings. The lowest BCUT2D eigenvalue weighted by Crippen LogP contribution is -2.41. The number of nitrogens with zero attached hydrogens (tertiary/aromatic N) is 3. The van der Waals surface area contributed by atoms with E-state index in [1.165, 1.54) is 19.3 Å². The molecule has 0 bridgehead atoms. The van der Waals surface area contributed by atoms with Crippen LogP contribution in [0.25, 0.3) is 0 Å². The molecular weight excluding hydrogens is 332 g/mol. The van der Waals surface area contributed by atoms with Gasteiger partial charge in [0.05, 0.1) is 18.9 Å². The maximum absolute atomic E-state index is 13.0. The highest BCUT2D eigenvalue weighted by Gasteiger charge is 2.31. The van der Waals surface area contributed by atoms with Gasteiger partial charge in [-0.25, -0.2) is 4.98 Å². The van der Waals surface area contributed by atoms with E-state index in [1.54, 1.807) is 4.90 Å². The standard InChI is InChI=1S/C19H28N4O3/c24-18(20-14-6-2-1-3-7-14)17-21-16(15-8-4-5-9-23(15)17)19(25)22-10-12-26-13-11-22/h14H,1-13H2,(H,20,24). The van der Waals surface area contributed by atoms with Gasteiger partial charge in [0.1, 0.15) is 5.69 Å². The Hall–Kier alpha value is -1.89. The van der Waals surface area contributed by atoms with E-state index < -0.39 is 0 Å². The number of morpholine rings is 1. The van der Waals surface area contributed by atoms with E-state index in [0.29, 0.717) is 37.8 Å². The van der Waals surface area contributed by atoms with E-state index in [0.717, 1.165) is 44.3 Å². The highest BCUT2D eigenvalue weighted by atomic mass is 16.5. The molecule has 3 heterocycles.